The van der Waals surface area contributed by atoms with Crippen LogP contribution < -0.4 is 5.32 Å². The fraction of sp³-hybridized carbons (Fsp3) is 0.867. The number of piperidine rings is 1. The lowest BCUT2D eigenvalue weighted by Gasteiger charge is -2.36. The van der Waals surface area contributed by atoms with Gasteiger partial charge in [0.25, 0.3) is 0 Å². The van der Waals surface area contributed by atoms with E-state index in [2.05, 4.69) is 5.32 Å². The van der Waals surface area contributed by atoms with Crippen molar-refractivity contribution in [1.29, 1.82) is 0 Å². The number of ether oxygens (including phenoxy) is 1. The molecule has 0 aromatic carbocycles. The number of likely N-dealkylation sites (tertiary alicyclic amines) is 2. The largest absolute Gasteiger partial charge is 0.450 e. The molecule has 1 atom stereocenters. The summed E-state index contributed by atoms with van der Waals surface area (Å²) < 4.78 is 5.03. The highest BCUT2D eigenvalue weighted by Gasteiger charge is 2.39. The van der Waals surface area contributed by atoms with Crippen molar-refractivity contribution in [2.45, 2.75) is 57.2 Å². The molecule has 6 heteroatoms. The topological polar surface area (TPSA) is 61.9 Å². The van der Waals surface area contributed by atoms with Gasteiger partial charge in [0.2, 0.25) is 5.91 Å². The molecule has 1 N–H and O–H groups in total. The van der Waals surface area contributed by atoms with Gasteiger partial charge < -0.3 is 19.9 Å². The third-order valence-electron chi connectivity index (χ3n) is 4.69. The Kier molecular flexibility index (Phi) is 4.33. The van der Waals surface area contributed by atoms with Crippen LogP contribution in [0.25, 0.3) is 0 Å². The molecule has 1 saturated carbocycles. The lowest BCUT2D eigenvalue weighted by atomic mass is 10.0. The molecule has 1 unspecified atom stereocenters. The number of rotatable bonds is 4. The number of nitrogens with zero attached hydrogens (tertiary/aromatic N) is 2. The first-order chi connectivity index (χ1) is 10.2. The summed E-state index contributed by atoms with van der Waals surface area (Å²) in [4.78, 5) is 27.9. The van der Waals surface area contributed by atoms with E-state index >= 15 is 0 Å². The Labute approximate surface area is 125 Å². The zero-order chi connectivity index (χ0) is 14.8. The van der Waals surface area contributed by atoms with Gasteiger partial charge in [-0.25, -0.2) is 4.79 Å². The standard InChI is InChI=1S/C15H25N3O3/c1-2-21-15(20)17-8-5-12(6-9-17)18-10-7-13(14(18)19)16-11-3-4-11/h11-13,16H,2-10H2,1H3. The number of amides is 2. The molecule has 0 bridgehead atoms. The lowest BCUT2D eigenvalue weighted by Crippen LogP contribution is -2.49. The second-order valence-corrected chi connectivity index (χ2v) is 6.23. The summed E-state index contributed by atoms with van der Waals surface area (Å²) in [5.74, 6) is 0.261. The maximum absolute atomic E-state index is 12.4. The van der Waals surface area contributed by atoms with Gasteiger partial charge in [-0.2, -0.15) is 0 Å². The third-order valence-corrected chi connectivity index (χ3v) is 4.69. The predicted molar refractivity (Wildman–Crippen MR) is 77.9 cm³/mol. The molecule has 0 aromatic heterocycles. The first kappa shape index (κ1) is 14.6. The predicted octanol–water partition coefficient (Wildman–Crippen LogP) is 0.960. The minimum absolute atomic E-state index is 0.0283. The zero-order valence-electron chi connectivity index (χ0n) is 12.7. The molecule has 3 aliphatic rings. The van der Waals surface area contributed by atoms with Gasteiger partial charge in [0.05, 0.1) is 12.6 Å². The Morgan fingerprint density at radius 2 is 1.90 bits per heavy atom. The minimum atomic E-state index is -0.225. The van der Waals surface area contributed by atoms with Crippen LogP contribution in [0.3, 0.4) is 0 Å². The molecule has 2 amide bonds. The van der Waals surface area contributed by atoms with E-state index in [0.29, 0.717) is 25.7 Å². The molecule has 1 aliphatic carbocycles. The van der Waals surface area contributed by atoms with E-state index in [9.17, 15) is 9.59 Å². The molecule has 2 saturated heterocycles. The van der Waals surface area contributed by atoms with E-state index < -0.39 is 0 Å². The number of carbonyl (C=O) groups excluding carboxylic acids is 2. The van der Waals surface area contributed by atoms with Crippen LogP contribution in [0.1, 0.15) is 39.0 Å². The first-order valence-electron chi connectivity index (χ1n) is 8.17. The highest BCUT2D eigenvalue weighted by Crippen LogP contribution is 2.26. The monoisotopic (exact) mass is 295 g/mol. The van der Waals surface area contributed by atoms with Crippen LogP contribution in [0.4, 0.5) is 4.79 Å². The van der Waals surface area contributed by atoms with Crippen molar-refractivity contribution in [1.82, 2.24) is 15.1 Å². The quantitative estimate of drug-likeness (QED) is 0.839. The van der Waals surface area contributed by atoms with Gasteiger partial charge in [0.1, 0.15) is 0 Å². The molecule has 0 aromatic rings. The van der Waals surface area contributed by atoms with Gasteiger partial charge in [-0.3, -0.25) is 4.79 Å². The summed E-state index contributed by atoms with van der Waals surface area (Å²) in [5.41, 5.74) is 0. The molecule has 6 nitrogen and oxygen atoms in total. The highest BCUT2D eigenvalue weighted by atomic mass is 16.6. The van der Waals surface area contributed by atoms with Crippen LogP contribution in [0.5, 0.6) is 0 Å². The Hall–Kier alpha value is -1.30. The minimum Gasteiger partial charge on any atom is -0.450 e. The lowest BCUT2D eigenvalue weighted by molar-refractivity contribution is -0.132. The van der Waals surface area contributed by atoms with E-state index in [1.807, 2.05) is 11.8 Å². The SMILES string of the molecule is CCOC(=O)N1CCC(N2CCC(NC3CC3)C2=O)CC1. The van der Waals surface area contributed by atoms with Crippen molar-refractivity contribution >= 4 is 12.0 Å². The van der Waals surface area contributed by atoms with Crippen LogP contribution in [0, 0.1) is 0 Å². The van der Waals surface area contributed by atoms with E-state index in [4.69, 9.17) is 4.74 Å². The average Bonchev–Trinajstić information content (AvgIpc) is 3.24. The molecular formula is C15H25N3O3. The zero-order valence-corrected chi connectivity index (χ0v) is 12.7. The summed E-state index contributed by atoms with van der Waals surface area (Å²) in [5, 5.41) is 3.44. The van der Waals surface area contributed by atoms with Gasteiger partial charge >= 0.3 is 6.09 Å². The maximum atomic E-state index is 12.4. The van der Waals surface area contributed by atoms with E-state index in [0.717, 1.165) is 25.8 Å². The van der Waals surface area contributed by atoms with Crippen LogP contribution in [0.15, 0.2) is 0 Å². The van der Waals surface area contributed by atoms with Gasteiger partial charge in [-0.1, -0.05) is 0 Å². The van der Waals surface area contributed by atoms with Crippen molar-refractivity contribution in [2.75, 3.05) is 26.2 Å². The van der Waals surface area contributed by atoms with Crippen molar-refractivity contribution in [3.8, 4) is 0 Å². The molecular weight excluding hydrogens is 270 g/mol. The normalized spacial score (nSPS) is 27.3. The van der Waals surface area contributed by atoms with E-state index in [1.54, 1.807) is 4.90 Å². The maximum Gasteiger partial charge on any atom is 0.409 e. The summed E-state index contributed by atoms with van der Waals surface area (Å²) in [6, 6.07) is 0.888. The van der Waals surface area contributed by atoms with E-state index in [-0.39, 0.29) is 24.1 Å². The van der Waals surface area contributed by atoms with Crippen LogP contribution in [-0.2, 0) is 9.53 Å². The number of nitrogens with one attached hydrogen (secondary N) is 1. The summed E-state index contributed by atoms with van der Waals surface area (Å²) >= 11 is 0. The fourth-order valence-corrected chi connectivity index (χ4v) is 3.33. The van der Waals surface area contributed by atoms with Crippen molar-refractivity contribution < 1.29 is 14.3 Å². The molecule has 2 heterocycles. The molecule has 0 radical (unpaired) electrons. The van der Waals surface area contributed by atoms with Gasteiger partial charge in [-0.05, 0) is 39.0 Å². The smallest absolute Gasteiger partial charge is 0.409 e. The second kappa shape index (κ2) is 6.22. The van der Waals surface area contributed by atoms with Gasteiger partial charge in [0, 0.05) is 31.7 Å². The van der Waals surface area contributed by atoms with Gasteiger partial charge in [-0.15, -0.1) is 0 Å². The van der Waals surface area contributed by atoms with Crippen molar-refractivity contribution in [3.63, 3.8) is 0 Å². The second-order valence-electron chi connectivity index (χ2n) is 6.23. The van der Waals surface area contributed by atoms with Crippen molar-refractivity contribution in [2.24, 2.45) is 0 Å². The Morgan fingerprint density at radius 3 is 2.52 bits per heavy atom. The number of hydrogen-bond donors (Lipinski definition) is 1. The summed E-state index contributed by atoms with van der Waals surface area (Å²) in [6.07, 6.45) is 4.84. The summed E-state index contributed by atoms with van der Waals surface area (Å²) in [6.45, 7) is 4.47. The van der Waals surface area contributed by atoms with Gasteiger partial charge in [0.15, 0.2) is 0 Å². The third kappa shape index (κ3) is 3.31. The number of hydrogen-bond acceptors (Lipinski definition) is 4. The average molecular weight is 295 g/mol. The van der Waals surface area contributed by atoms with Crippen LogP contribution in [-0.4, -0.2) is 66.2 Å². The molecule has 2 aliphatic heterocycles. The Balaban J connectivity index is 1.48. The highest BCUT2D eigenvalue weighted by molar-refractivity contribution is 5.84. The molecule has 3 rings (SSSR count). The van der Waals surface area contributed by atoms with Crippen LogP contribution >= 0.6 is 0 Å². The molecule has 118 valence electrons. The van der Waals surface area contributed by atoms with E-state index in [1.165, 1.54) is 12.8 Å². The number of carbonyl (C=O) groups is 2. The molecule has 21 heavy (non-hydrogen) atoms. The Morgan fingerprint density at radius 1 is 1.19 bits per heavy atom. The fourth-order valence-electron chi connectivity index (χ4n) is 3.33. The van der Waals surface area contributed by atoms with Crippen molar-refractivity contribution in [3.05, 3.63) is 0 Å². The summed E-state index contributed by atoms with van der Waals surface area (Å²) in [7, 11) is 0. The molecule has 0 spiro atoms. The first-order valence-corrected chi connectivity index (χ1v) is 8.17. The molecule has 3 fully saturated rings. The van der Waals surface area contributed by atoms with Crippen LogP contribution in [0.2, 0.25) is 0 Å². The Bertz CT molecular complexity index is 403.